The first-order chi connectivity index (χ1) is 17.3. The van der Waals surface area contributed by atoms with E-state index in [1.54, 1.807) is 5.48 Å². The van der Waals surface area contributed by atoms with Crippen LogP contribution < -0.4 is 20.7 Å². The number of carbonyl (C=O) groups is 1. The SMILES string of the molecule is COCCOCOc1c(N)c(S(=O)(=O)c2ccc(OC)cc2)cc(C(=O)NO)c1Cc1ccccc1. The van der Waals surface area contributed by atoms with Gasteiger partial charge in [0.1, 0.15) is 5.75 Å². The second-order valence-electron chi connectivity index (χ2n) is 7.59. The summed E-state index contributed by atoms with van der Waals surface area (Å²) in [5, 5.41) is 9.41. The highest BCUT2D eigenvalue weighted by atomic mass is 32.2. The summed E-state index contributed by atoms with van der Waals surface area (Å²) in [6.45, 7) is 0.263. The van der Waals surface area contributed by atoms with Crippen LogP contribution >= 0.6 is 0 Å². The lowest BCUT2D eigenvalue weighted by atomic mass is 9.97. The molecule has 4 N–H and O–H groups in total. The van der Waals surface area contributed by atoms with Gasteiger partial charge in [-0.1, -0.05) is 30.3 Å². The van der Waals surface area contributed by atoms with Crippen LogP contribution in [-0.4, -0.2) is 53.8 Å². The summed E-state index contributed by atoms with van der Waals surface area (Å²) in [4.78, 5) is 12.3. The molecule has 0 unspecified atom stereocenters. The minimum atomic E-state index is -4.19. The Morgan fingerprint density at radius 1 is 1.03 bits per heavy atom. The molecule has 0 radical (unpaired) electrons. The second-order valence-corrected chi connectivity index (χ2v) is 9.51. The highest BCUT2D eigenvalue weighted by molar-refractivity contribution is 7.91. The molecule has 192 valence electrons. The molecule has 0 aliphatic carbocycles. The van der Waals surface area contributed by atoms with Gasteiger partial charge in [-0.25, -0.2) is 13.9 Å². The smallest absolute Gasteiger partial charge is 0.275 e. The van der Waals surface area contributed by atoms with Crippen molar-refractivity contribution in [1.29, 1.82) is 0 Å². The molecule has 3 aromatic rings. The molecule has 0 aromatic heterocycles. The van der Waals surface area contributed by atoms with Crippen LogP contribution in [0.3, 0.4) is 0 Å². The molecule has 10 nitrogen and oxygen atoms in total. The number of anilines is 1. The maximum atomic E-state index is 13.5. The normalized spacial score (nSPS) is 11.2. The second kappa shape index (κ2) is 12.4. The number of nitrogens with two attached hydrogens (primary N) is 1. The van der Waals surface area contributed by atoms with E-state index in [4.69, 9.17) is 24.7 Å². The predicted octanol–water partition coefficient (Wildman–Crippen LogP) is 2.82. The van der Waals surface area contributed by atoms with Gasteiger partial charge in [0.2, 0.25) is 9.84 Å². The average Bonchev–Trinajstić information content (AvgIpc) is 2.90. The van der Waals surface area contributed by atoms with Crippen molar-refractivity contribution in [1.82, 2.24) is 5.48 Å². The number of methoxy groups -OCH3 is 2. The number of carbonyl (C=O) groups excluding carboxylic acids is 1. The number of nitrogen functional groups attached to an aromatic ring is 1. The van der Waals surface area contributed by atoms with Crippen LogP contribution in [0.1, 0.15) is 21.5 Å². The number of rotatable bonds is 12. The highest BCUT2D eigenvalue weighted by Crippen LogP contribution is 2.39. The Morgan fingerprint density at radius 3 is 2.33 bits per heavy atom. The van der Waals surface area contributed by atoms with Crippen LogP contribution in [-0.2, 0) is 25.7 Å². The molecule has 0 saturated heterocycles. The van der Waals surface area contributed by atoms with E-state index in [1.807, 2.05) is 30.3 Å². The molecule has 0 aliphatic heterocycles. The Hall–Kier alpha value is -3.64. The first kappa shape index (κ1) is 27.0. The van der Waals surface area contributed by atoms with E-state index in [0.717, 1.165) is 11.6 Å². The van der Waals surface area contributed by atoms with Crippen molar-refractivity contribution in [2.24, 2.45) is 0 Å². The van der Waals surface area contributed by atoms with Crippen molar-refractivity contribution < 1.29 is 37.4 Å². The number of hydroxylamine groups is 1. The average molecular weight is 517 g/mol. The Morgan fingerprint density at radius 2 is 1.72 bits per heavy atom. The first-order valence-electron chi connectivity index (χ1n) is 10.9. The van der Waals surface area contributed by atoms with Crippen LogP contribution in [0, 0.1) is 0 Å². The fraction of sp³-hybridized carbons (Fsp3) is 0.240. The first-order valence-corrected chi connectivity index (χ1v) is 12.3. The minimum Gasteiger partial charge on any atom is -0.497 e. The number of sulfone groups is 1. The van der Waals surface area contributed by atoms with Crippen LogP contribution in [0.4, 0.5) is 5.69 Å². The summed E-state index contributed by atoms with van der Waals surface area (Å²) < 4.78 is 48.3. The Bertz CT molecular complexity index is 1280. The van der Waals surface area contributed by atoms with Gasteiger partial charge in [0.15, 0.2) is 12.5 Å². The summed E-state index contributed by atoms with van der Waals surface area (Å²) in [6, 6.07) is 16.0. The van der Waals surface area contributed by atoms with Gasteiger partial charge in [0.25, 0.3) is 5.91 Å². The van der Waals surface area contributed by atoms with Gasteiger partial charge in [0.05, 0.1) is 41.4 Å². The molecule has 0 spiro atoms. The Labute approximate surface area is 209 Å². The molecule has 0 atom stereocenters. The van der Waals surface area contributed by atoms with Gasteiger partial charge in [0, 0.05) is 19.1 Å². The van der Waals surface area contributed by atoms with E-state index >= 15 is 0 Å². The maximum absolute atomic E-state index is 13.5. The van der Waals surface area contributed by atoms with Crippen LogP contribution in [0.5, 0.6) is 11.5 Å². The lowest BCUT2D eigenvalue weighted by molar-refractivity contribution is -0.00862. The van der Waals surface area contributed by atoms with E-state index in [0.29, 0.717) is 12.4 Å². The fourth-order valence-corrected chi connectivity index (χ4v) is 4.91. The topological polar surface area (TPSA) is 146 Å². The van der Waals surface area contributed by atoms with Crippen LogP contribution in [0.25, 0.3) is 0 Å². The molecule has 0 heterocycles. The molecule has 0 fully saturated rings. The largest absolute Gasteiger partial charge is 0.497 e. The molecular weight excluding hydrogens is 488 g/mol. The number of benzene rings is 3. The monoisotopic (exact) mass is 516 g/mol. The zero-order valence-electron chi connectivity index (χ0n) is 19.9. The molecular formula is C25H28N2O8S. The molecule has 11 heteroatoms. The molecule has 3 aromatic carbocycles. The van der Waals surface area contributed by atoms with Crippen molar-refractivity contribution in [3.63, 3.8) is 0 Å². The van der Waals surface area contributed by atoms with E-state index in [9.17, 15) is 18.4 Å². The number of nitrogens with one attached hydrogen (secondary N) is 1. The molecule has 0 saturated carbocycles. The summed E-state index contributed by atoms with van der Waals surface area (Å²) in [5.74, 6) is -0.487. The third-order valence-electron chi connectivity index (χ3n) is 5.33. The predicted molar refractivity (Wildman–Crippen MR) is 131 cm³/mol. The van der Waals surface area contributed by atoms with Crippen molar-refractivity contribution in [3.8, 4) is 11.5 Å². The summed E-state index contributed by atoms with van der Waals surface area (Å²) in [7, 11) is -1.21. The molecule has 3 rings (SSSR count). The van der Waals surface area contributed by atoms with E-state index in [2.05, 4.69) is 0 Å². The van der Waals surface area contributed by atoms with E-state index < -0.39 is 15.7 Å². The van der Waals surface area contributed by atoms with E-state index in [-0.39, 0.29) is 52.2 Å². The van der Waals surface area contributed by atoms with Crippen molar-refractivity contribution >= 4 is 21.4 Å². The number of ether oxygens (including phenoxy) is 4. The minimum absolute atomic E-state index is 0.0375. The summed E-state index contributed by atoms with van der Waals surface area (Å²) >= 11 is 0. The molecule has 0 aliphatic rings. The third-order valence-corrected chi connectivity index (χ3v) is 7.14. The quantitative estimate of drug-likeness (QED) is 0.109. The van der Waals surface area contributed by atoms with Gasteiger partial charge in [-0.2, -0.15) is 0 Å². The highest BCUT2D eigenvalue weighted by Gasteiger charge is 2.29. The third kappa shape index (κ3) is 6.13. The van der Waals surface area contributed by atoms with Crippen molar-refractivity contribution in [2.45, 2.75) is 16.2 Å². The van der Waals surface area contributed by atoms with Gasteiger partial charge in [-0.3, -0.25) is 10.0 Å². The zero-order chi connectivity index (χ0) is 26.1. The lowest BCUT2D eigenvalue weighted by Crippen LogP contribution is -2.23. The van der Waals surface area contributed by atoms with Gasteiger partial charge in [-0.15, -0.1) is 0 Å². The Kier molecular flexibility index (Phi) is 9.25. The summed E-state index contributed by atoms with van der Waals surface area (Å²) in [6.07, 6.45) is 0.171. The van der Waals surface area contributed by atoms with E-state index in [1.165, 1.54) is 38.5 Å². The molecule has 1 amide bonds. The lowest BCUT2D eigenvalue weighted by Gasteiger charge is -2.20. The standard InChI is InChI=1S/C25H28N2O8S/c1-32-12-13-34-16-35-24-20(14-17-6-4-3-5-7-17)21(25(28)27-29)15-22(23(24)26)36(30,31)19-10-8-18(33-2)9-11-19/h3-11,15,29H,12-14,16,26H2,1-2H3,(H,27,28). The molecule has 36 heavy (non-hydrogen) atoms. The van der Waals surface area contributed by atoms with Crippen molar-refractivity contribution in [3.05, 3.63) is 77.4 Å². The van der Waals surface area contributed by atoms with Crippen molar-refractivity contribution in [2.75, 3.05) is 40.0 Å². The summed E-state index contributed by atoms with van der Waals surface area (Å²) in [5.41, 5.74) is 8.73. The zero-order valence-corrected chi connectivity index (χ0v) is 20.7. The van der Waals surface area contributed by atoms with Gasteiger partial charge >= 0.3 is 0 Å². The van der Waals surface area contributed by atoms with Crippen LogP contribution in [0.2, 0.25) is 0 Å². The Balaban J connectivity index is 2.17. The van der Waals surface area contributed by atoms with Gasteiger partial charge in [-0.05, 0) is 35.9 Å². The number of hydrogen-bond acceptors (Lipinski definition) is 9. The maximum Gasteiger partial charge on any atom is 0.275 e. The van der Waals surface area contributed by atoms with Crippen LogP contribution in [0.15, 0.2) is 70.5 Å². The fourth-order valence-electron chi connectivity index (χ4n) is 3.50. The molecule has 0 bridgehead atoms. The van der Waals surface area contributed by atoms with Gasteiger partial charge < -0.3 is 24.7 Å². The number of hydrogen-bond donors (Lipinski definition) is 3. The number of amides is 1.